The summed E-state index contributed by atoms with van der Waals surface area (Å²) in [5.41, 5.74) is -0.783. The fourth-order valence-corrected chi connectivity index (χ4v) is 5.06. The Morgan fingerprint density at radius 3 is 2.47 bits per heavy atom. The van der Waals surface area contributed by atoms with E-state index in [1.54, 1.807) is 19.4 Å². The first-order chi connectivity index (χ1) is 17.0. The summed E-state index contributed by atoms with van der Waals surface area (Å²) in [5.74, 6) is 1.28. The van der Waals surface area contributed by atoms with Gasteiger partial charge in [-0.15, -0.1) is 0 Å². The number of rotatable bonds is 6. The van der Waals surface area contributed by atoms with Crippen molar-refractivity contribution in [2.24, 2.45) is 5.92 Å². The monoisotopic (exact) mass is 504 g/mol. The van der Waals surface area contributed by atoms with Crippen molar-refractivity contribution in [3.05, 3.63) is 36.0 Å². The Morgan fingerprint density at radius 2 is 1.83 bits per heavy atom. The summed E-state index contributed by atoms with van der Waals surface area (Å²) in [7, 11) is 1.69. The van der Waals surface area contributed by atoms with Gasteiger partial charge in [-0.2, -0.15) is 28.2 Å². The number of fused-ring (bicyclic) bond motifs is 1. The predicted molar refractivity (Wildman–Crippen MR) is 130 cm³/mol. The van der Waals surface area contributed by atoms with Gasteiger partial charge < -0.3 is 20.1 Å². The minimum absolute atomic E-state index is 0.158. The van der Waals surface area contributed by atoms with E-state index in [1.807, 2.05) is 13.8 Å². The van der Waals surface area contributed by atoms with Gasteiger partial charge in [0.15, 0.2) is 5.65 Å². The molecule has 1 saturated heterocycles. The predicted octanol–water partition coefficient (Wildman–Crippen LogP) is 4.41. The van der Waals surface area contributed by atoms with Crippen molar-refractivity contribution in [3.8, 4) is 5.69 Å². The second kappa shape index (κ2) is 9.19. The van der Waals surface area contributed by atoms with Gasteiger partial charge in [0.2, 0.25) is 5.95 Å². The third kappa shape index (κ3) is 4.86. The molecule has 3 heterocycles. The number of alkyl halides is 3. The number of hydrogen-bond acceptors (Lipinski definition) is 7. The van der Waals surface area contributed by atoms with Gasteiger partial charge in [-0.25, -0.2) is 4.68 Å². The Bertz CT molecular complexity index is 1220. The van der Waals surface area contributed by atoms with Crippen molar-refractivity contribution >= 4 is 22.8 Å². The highest BCUT2D eigenvalue weighted by atomic mass is 19.4. The molecule has 0 spiro atoms. The molecular formula is C25H31F3N6O2. The fourth-order valence-electron chi connectivity index (χ4n) is 5.06. The fraction of sp³-hybridized carbons (Fsp3) is 0.560. The smallest absolute Gasteiger partial charge is 0.390 e. The molecule has 0 atom stereocenters. The molecule has 2 aliphatic rings. The average molecular weight is 505 g/mol. The van der Waals surface area contributed by atoms with E-state index in [0.717, 1.165) is 37.8 Å². The van der Waals surface area contributed by atoms with E-state index in [-0.39, 0.29) is 23.8 Å². The topological polar surface area (TPSA) is 88.3 Å². The van der Waals surface area contributed by atoms with Crippen LogP contribution < -0.4 is 10.2 Å². The second-order valence-corrected chi connectivity index (χ2v) is 10.3. The van der Waals surface area contributed by atoms with E-state index in [9.17, 15) is 18.3 Å². The molecule has 5 rings (SSSR count). The van der Waals surface area contributed by atoms with Gasteiger partial charge in [0, 0.05) is 26.2 Å². The van der Waals surface area contributed by atoms with Crippen LogP contribution in [0.4, 0.5) is 24.9 Å². The quantitative estimate of drug-likeness (QED) is 0.514. The Morgan fingerprint density at radius 1 is 1.11 bits per heavy atom. The van der Waals surface area contributed by atoms with Crippen LogP contribution in [-0.4, -0.2) is 62.8 Å². The minimum atomic E-state index is -4.46. The Kier molecular flexibility index (Phi) is 6.32. The number of nitrogens with one attached hydrogen (secondary N) is 1. The van der Waals surface area contributed by atoms with Crippen LogP contribution in [0.3, 0.4) is 0 Å². The molecule has 2 fully saturated rings. The van der Waals surface area contributed by atoms with Crippen molar-refractivity contribution in [1.29, 1.82) is 0 Å². The first kappa shape index (κ1) is 24.8. The van der Waals surface area contributed by atoms with Crippen molar-refractivity contribution in [3.63, 3.8) is 0 Å². The van der Waals surface area contributed by atoms with E-state index in [2.05, 4.69) is 20.3 Å². The molecule has 11 heteroatoms. The summed E-state index contributed by atoms with van der Waals surface area (Å²) in [5, 5.41) is 18.9. The summed E-state index contributed by atoms with van der Waals surface area (Å²) >= 11 is 0. The number of benzene rings is 1. The zero-order valence-corrected chi connectivity index (χ0v) is 20.6. The van der Waals surface area contributed by atoms with Gasteiger partial charge in [-0.05, 0) is 63.6 Å². The van der Waals surface area contributed by atoms with Crippen LogP contribution in [0.25, 0.3) is 16.7 Å². The second-order valence-electron chi connectivity index (χ2n) is 10.3. The van der Waals surface area contributed by atoms with E-state index >= 15 is 0 Å². The molecule has 0 amide bonds. The van der Waals surface area contributed by atoms with Crippen LogP contribution in [-0.2, 0) is 10.9 Å². The zero-order chi connectivity index (χ0) is 25.7. The number of halogens is 3. The normalized spacial score (nSPS) is 21.6. The van der Waals surface area contributed by atoms with Crippen LogP contribution in [0.5, 0.6) is 0 Å². The lowest BCUT2D eigenvalue weighted by molar-refractivity contribution is -0.137. The number of anilines is 2. The van der Waals surface area contributed by atoms with Gasteiger partial charge in [0.1, 0.15) is 5.82 Å². The maximum Gasteiger partial charge on any atom is 0.416 e. The lowest BCUT2D eigenvalue weighted by Crippen LogP contribution is -2.42. The lowest BCUT2D eigenvalue weighted by atomic mass is 9.83. The molecule has 2 aromatic heterocycles. The summed E-state index contributed by atoms with van der Waals surface area (Å²) in [6.45, 7) is 5.07. The third-order valence-corrected chi connectivity index (χ3v) is 7.38. The van der Waals surface area contributed by atoms with Crippen LogP contribution in [0.15, 0.2) is 30.5 Å². The molecule has 1 aliphatic carbocycles. The summed E-state index contributed by atoms with van der Waals surface area (Å²) < 4.78 is 46.9. The Balaban J connectivity index is 1.52. The van der Waals surface area contributed by atoms with Gasteiger partial charge in [-0.1, -0.05) is 6.07 Å². The zero-order valence-electron chi connectivity index (χ0n) is 20.6. The molecule has 8 nitrogen and oxygen atoms in total. The van der Waals surface area contributed by atoms with Crippen LogP contribution in [0.2, 0.25) is 0 Å². The molecule has 0 bridgehead atoms. The van der Waals surface area contributed by atoms with Crippen LogP contribution in [0, 0.1) is 5.92 Å². The maximum absolute atomic E-state index is 13.4. The maximum atomic E-state index is 13.4. The van der Waals surface area contributed by atoms with E-state index < -0.39 is 17.3 Å². The number of methoxy groups -OCH3 is 1. The standard InChI is InChI=1S/C25H31F3N6O2/c1-24(2,35)15-7-9-33(10-8-15)21-20-14-29-34(18-6-4-5-16(11-18)25(26,27)28)22(20)32-23(31-21)30-17-12-19(13-17)36-3/h4-6,11,14-15,17,19,35H,7-10,12-13H2,1-3H3,(H,30,31,32)/t17-,19+. The molecule has 194 valence electrons. The highest BCUT2D eigenvalue weighted by Crippen LogP contribution is 2.35. The first-order valence-electron chi connectivity index (χ1n) is 12.2. The Labute approximate surface area is 207 Å². The number of aromatic nitrogens is 4. The van der Waals surface area contributed by atoms with E-state index in [1.165, 1.54) is 10.7 Å². The van der Waals surface area contributed by atoms with E-state index in [4.69, 9.17) is 9.72 Å². The minimum Gasteiger partial charge on any atom is -0.390 e. The molecule has 36 heavy (non-hydrogen) atoms. The van der Waals surface area contributed by atoms with Gasteiger partial charge in [0.05, 0.1) is 34.5 Å². The summed E-state index contributed by atoms with van der Waals surface area (Å²) in [6, 6.07) is 5.23. The summed E-state index contributed by atoms with van der Waals surface area (Å²) in [6.07, 6.45) is 0.616. The molecule has 0 unspecified atom stereocenters. The average Bonchev–Trinajstić information content (AvgIpc) is 3.23. The molecule has 1 saturated carbocycles. The number of hydrogen-bond donors (Lipinski definition) is 2. The lowest BCUT2D eigenvalue weighted by Gasteiger charge is -2.38. The largest absolute Gasteiger partial charge is 0.416 e. The highest BCUT2D eigenvalue weighted by Gasteiger charge is 2.34. The van der Waals surface area contributed by atoms with Gasteiger partial charge in [-0.3, -0.25) is 0 Å². The van der Waals surface area contributed by atoms with Gasteiger partial charge in [0.25, 0.3) is 0 Å². The number of aliphatic hydroxyl groups is 1. The molecule has 3 aromatic rings. The number of ether oxygens (including phenoxy) is 1. The van der Waals surface area contributed by atoms with E-state index in [0.29, 0.717) is 35.9 Å². The SMILES string of the molecule is CO[C@H]1C[C@@H](Nc2nc(N3CCC(C(C)(C)O)CC3)c3cnn(-c4cccc(C(F)(F)F)c4)c3n2)C1. The molecule has 2 N–H and O–H groups in total. The van der Waals surface area contributed by atoms with Crippen LogP contribution in [0.1, 0.15) is 45.1 Å². The van der Waals surface area contributed by atoms with Crippen molar-refractivity contribution in [1.82, 2.24) is 19.7 Å². The van der Waals surface area contributed by atoms with Crippen molar-refractivity contribution in [2.45, 2.75) is 63.5 Å². The third-order valence-electron chi connectivity index (χ3n) is 7.38. The van der Waals surface area contributed by atoms with Crippen molar-refractivity contribution in [2.75, 3.05) is 30.4 Å². The van der Waals surface area contributed by atoms with Crippen molar-refractivity contribution < 1.29 is 23.0 Å². The molecular weight excluding hydrogens is 473 g/mol. The van der Waals surface area contributed by atoms with Crippen LogP contribution >= 0.6 is 0 Å². The number of nitrogens with zero attached hydrogens (tertiary/aromatic N) is 5. The van der Waals surface area contributed by atoms with Gasteiger partial charge >= 0.3 is 6.18 Å². The molecule has 1 aliphatic heterocycles. The molecule has 0 radical (unpaired) electrons. The molecule has 1 aromatic carbocycles. The first-order valence-corrected chi connectivity index (χ1v) is 12.2. The highest BCUT2D eigenvalue weighted by molar-refractivity contribution is 5.89. The summed E-state index contributed by atoms with van der Waals surface area (Å²) in [4.78, 5) is 11.6. The Hall–Kier alpha value is -2.92. The number of piperidine rings is 1.